The van der Waals surface area contributed by atoms with E-state index in [1.54, 1.807) is 24.4 Å². The molecule has 3 atom stereocenters. The minimum Gasteiger partial charge on any atom is -0.489 e. The minimum absolute atomic E-state index is 0.0102. The topological polar surface area (TPSA) is 214 Å². The van der Waals surface area contributed by atoms with E-state index in [9.17, 15) is 28.4 Å². The average molecular weight is 1050 g/mol. The molecule has 19 heteroatoms. The van der Waals surface area contributed by atoms with E-state index in [1.807, 2.05) is 26.1 Å². The number of amides is 1. The first-order valence-corrected chi connectivity index (χ1v) is 28.3. The first-order valence-electron chi connectivity index (χ1n) is 26.8. The number of anilines is 2. The van der Waals surface area contributed by atoms with Crippen LogP contribution in [0.25, 0.3) is 11.0 Å². The molecule has 6 aliphatic rings. The monoisotopic (exact) mass is 1050 g/mol. The lowest BCUT2D eigenvalue weighted by Gasteiger charge is -2.56. The number of likely N-dealkylation sites (tertiary alicyclic amines) is 1. The van der Waals surface area contributed by atoms with E-state index < -0.39 is 37.0 Å². The highest BCUT2D eigenvalue weighted by Gasteiger charge is 2.50. The molecule has 5 fully saturated rings. The first kappa shape index (κ1) is 51.1. The second-order valence-corrected chi connectivity index (χ2v) is 24.3. The molecular weight excluding hydrogens is 977 g/mol. The van der Waals surface area contributed by atoms with E-state index in [-0.39, 0.29) is 71.0 Å². The number of pyridine rings is 1. The second kappa shape index (κ2) is 20.5. The van der Waals surface area contributed by atoms with E-state index >= 15 is 0 Å². The van der Waals surface area contributed by atoms with Gasteiger partial charge in [0, 0.05) is 67.2 Å². The maximum absolute atomic E-state index is 14.5. The fourth-order valence-electron chi connectivity index (χ4n) is 12.7. The van der Waals surface area contributed by atoms with Gasteiger partial charge in [-0.15, -0.1) is 0 Å². The van der Waals surface area contributed by atoms with Crippen molar-refractivity contribution in [2.24, 2.45) is 11.3 Å². The number of likely N-dealkylation sites (N-methyl/N-ethyl adjacent to an activating group) is 1. The van der Waals surface area contributed by atoms with Crippen molar-refractivity contribution < 1.29 is 42.2 Å². The number of piperidine rings is 1. The number of nitrogens with zero attached hydrogens (tertiary/aromatic N) is 5. The van der Waals surface area contributed by atoms with Crippen molar-refractivity contribution in [3.63, 3.8) is 0 Å². The van der Waals surface area contributed by atoms with Crippen molar-refractivity contribution in [1.82, 2.24) is 24.5 Å². The SMILES string of the molecule is CC(C)c1ccccc1[C@H]1CCCN1C1CC2(CCN(c3ccc(C(=O)NS(=O)(=O)c4cc5c(c([N+](=O)[O-])c4)N[C@@H](C4CCC(C)(O)CC4)CO5)c(Oc4cc5cc[nH]c5nc4OC[C@@H]4COCCN4C)c3)CC2)C1. The molecule has 2 aromatic heterocycles. The number of carbonyl (C=O) groups excluding carboxylic acids is 1. The Bertz CT molecular complexity index is 3050. The van der Waals surface area contributed by atoms with Crippen LogP contribution in [0.15, 0.2) is 77.8 Å². The molecule has 3 saturated heterocycles. The summed E-state index contributed by atoms with van der Waals surface area (Å²) in [5.41, 5.74) is 3.30. The summed E-state index contributed by atoms with van der Waals surface area (Å²) in [5.74, 6) is 0.0226. The van der Waals surface area contributed by atoms with Crippen LogP contribution in [0, 0.1) is 21.4 Å². The molecule has 5 aromatic rings. The highest BCUT2D eigenvalue weighted by Crippen LogP contribution is 2.55. The van der Waals surface area contributed by atoms with Gasteiger partial charge < -0.3 is 39.3 Å². The molecule has 2 aliphatic carbocycles. The molecule has 4 N–H and O–H groups in total. The lowest BCUT2D eigenvalue weighted by atomic mass is 9.59. The number of benzene rings is 3. The Morgan fingerprint density at radius 3 is 2.53 bits per heavy atom. The van der Waals surface area contributed by atoms with Gasteiger partial charge in [0.15, 0.2) is 17.2 Å². The van der Waals surface area contributed by atoms with Crippen LogP contribution in [-0.2, 0) is 14.8 Å². The summed E-state index contributed by atoms with van der Waals surface area (Å²) in [6.45, 7) is 11.3. The molecule has 1 spiro atoms. The largest absolute Gasteiger partial charge is 0.489 e. The van der Waals surface area contributed by atoms with Gasteiger partial charge in [0.1, 0.15) is 24.6 Å². The predicted octanol–water partition coefficient (Wildman–Crippen LogP) is 8.92. The normalized spacial score (nSPS) is 25.3. The van der Waals surface area contributed by atoms with E-state index in [0.717, 1.165) is 56.2 Å². The lowest BCUT2D eigenvalue weighted by Crippen LogP contribution is -2.54. The van der Waals surface area contributed by atoms with E-state index in [2.05, 4.69) is 67.8 Å². The number of ether oxygens (including phenoxy) is 4. The van der Waals surface area contributed by atoms with Gasteiger partial charge in [-0.05, 0) is 137 Å². The summed E-state index contributed by atoms with van der Waals surface area (Å²) in [7, 11) is -2.72. The number of carbonyl (C=O) groups is 1. The maximum Gasteiger partial charge on any atom is 0.297 e. The number of H-pyrrole nitrogens is 1. The van der Waals surface area contributed by atoms with Crippen LogP contribution in [0.3, 0.4) is 0 Å². The third-order valence-corrected chi connectivity index (χ3v) is 18.6. The van der Waals surface area contributed by atoms with Gasteiger partial charge in [0.25, 0.3) is 27.5 Å². The Morgan fingerprint density at radius 2 is 1.77 bits per heavy atom. The van der Waals surface area contributed by atoms with E-state index in [4.69, 9.17) is 23.9 Å². The number of morpholine rings is 1. The summed E-state index contributed by atoms with van der Waals surface area (Å²) in [4.78, 5) is 41.0. The van der Waals surface area contributed by atoms with Crippen molar-refractivity contribution >= 4 is 44.0 Å². The van der Waals surface area contributed by atoms with Crippen LogP contribution in [0.1, 0.15) is 118 Å². The fourth-order valence-corrected chi connectivity index (χ4v) is 13.7. The Kier molecular flexibility index (Phi) is 14.0. The smallest absolute Gasteiger partial charge is 0.297 e. The summed E-state index contributed by atoms with van der Waals surface area (Å²) in [6, 6.07) is 20.6. The molecule has 0 radical (unpaired) electrons. The van der Waals surface area contributed by atoms with Gasteiger partial charge in [-0.2, -0.15) is 4.98 Å². The second-order valence-electron chi connectivity index (χ2n) is 22.6. The molecule has 6 heterocycles. The zero-order valence-corrected chi connectivity index (χ0v) is 44.2. The fraction of sp³-hybridized carbons (Fsp3) is 0.536. The van der Waals surface area contributed by atoms with Crippen LogP contribution < -0.4 is 29.1 Å². The van der Waals surface area contributed by atoms with Gasteiger partial charge in [0.05, 0.1) is 46.3 Å². The first-order chi connectivity index (χ1) is 36.0. The number of hydrogen-bond acceptors (Lipinski definition) is 15. The number of nitro groups is 1. The van der Waals surface area contributed by atoms with E-state index in [1.165, 1.54) is 42.9 Å². The number of nitrogens with one attached hydrogen (secondary N) is 3. The van der Waals surface area contributed by atoms with Crippen molar-refractivity contribution in [2.45, 2.75) is 126 Å². The van der Waals surface area contributed by atoms with Crippen molar-refractivity contribution in [3.05, 3.63) is 99.7 Å². The number of sulfonamides is 1. The van der Waals surface area contributed by atoms with Gasteiger partial charge >= 0.3 is 0 Å². The third-order valence-electron chi connectivity index (χ3n) is 17.3. The number of aromatic nitrogens is 2. The third kappa shape index (κ3) is 10.5. The van der Waals surface area contributed by atoms with Crippen LogP contribution >= 0.6 is 0 Å². The van der Waals surface area contributed by atoms with Crippen LogP contribution in [0.2, 0.25) is 0 Å². The maximum atomic E-state index is 14.5. The Balaban J connectivity index is 0.847. The van der Waals surface area contributed by atoms with Crippen molar-refractivity contribution in [2.75, 3.05) is 69.9 Å². The summed E-state index contributed by atoms with van der Waals surface area (Å²) in [6.07, 6.45) is 11.1. The van der Waals surface area contributed by atoms with Crippen molar-refractivity contribution in [1.29, 1.82) is 0 Å². The number of aliphatic hydroxyl groups is 1. The zero-order valence-electron chi connectivity index (χ0n) is 43.4. The Morgan fingerprint density at radius 1 is 0.987 bits per heavy atom. The number of hydrogen-bond donors (Lipinski definition) is 4. The highest BCUT2D eigenvalue weighted by molar-refractivity contribution is 7.90. The van der Waals surface area contributed by atoms with Crippen LogP contribution in [-0.4, -0.2) is 128 Å². The number of fused-ring (bicyclic) bond motifs is 2. The van der Waals surface area contributed by atoms with Crippen molar-refractivity contribution in [3.8, 4) is 23.1 Å². The minimum atomic E-state index is -4.73. The molecule has 400 valence electrons. The standard InChI is InChI=1S/C56H70N8O10S/c1-35(2)42-8-5-6-9-43(42)46-10-7-21-63(46)39-30-56(31-39)18-22-62(23-19-56)38-11-12-44(48(27-38)74-50-26-37-15-20-57-52(37)59-54(50)73-33-40-32-71-25-24-61(40)4)53(65)60-75(69,70)41-28-47(64(67)68)51-49(29-41)72-34-45(58-51)36-13-16-55(3,66)17-14-36/h5-6,8-9,11-12,15,20,26-29,35-36,39-40,45-46,58,66H,7,10,13-14,16-19,21-25,30-34H2,1-4H3,(H,57,59)(H,60,65)/t36?,40-,45+,46+,55?/m0/s1. The summed E-state index contributed by atoms with van der Waals surface area (Å²) < 4.78 is 55.5. The molecule has 11 rings (SSSR count). The molecule has 4 aliphatic heterocycles. The lowest BCUT2D eigenvalue weighted by molar-refractivity contribution is -0.384. The van der Waals surface area contributed by atoms with E-state index in [0.29, 0.717) is 62.5 Å². The summed E-state index contributed by atoms with van der Waals surface area (Å²) >= 11 is 0. The Labute approximate surface area is 438 Å². The number of rotatable bonds is 14. The molecular formula is C56H70N8O10S. The molecule has 1 amide bonds. The average Bonchev–Trinajstić information content (AvgIpc) is 4.07. The molecule has 18 nitrogen and oxygen atoms in total. The quantitative estimate of drug-likeness (QED) is 0.0604. The molecule has 75 heavy (non-hydrogen) atoms. The van der Waals surface area contributed by atoms with Gasteiger partial charge in [-0.1, -0.05) is 38.1 Å². The molecule has 3 aromatic carbocycles. The predicted molar refractivity (Wildman–Crippen MR) is 285 cm³/mol. The number of nitro benzene ring substituents is 1. The van der Waals surface area contributed by atoms with Gasteiger partial charge in [0.2, 0.25) is 0 Å². The zero-order chi connectivity index (χ0) is 52.2. The molecule has 0 unspecified atom stereocenters. The van der Waals surface area contributed by atoms with Crippen LogP contribution in [0.4, 0.5) is 17.1 Å². The Hall–Kier alpha value is -5.99. The highest BCUT2D eigenvalue weighted by atomic mass is 32.2. The van der Waals surface area contributed by atoms with Gasteiger partial charge in [-0.3, -0.25) is 24.7 Å². The molecule has 0 bridgehead atoms. The molecule has 2 saturated carbocycles. The van der Waals surface area contributed by atoms with Gasteiger partial charge in [-0.25, -0.2) is 13.1 Å². The summed E-state index contributed by atoms with van der Waals surface area (Å²) in [5, 5.41) is 27.0. The van der Waals surface area contributed by atoms with Crippen LogP contribution in [0.5, 0.6) is 23.1 Å². The number of aromatic amines is 1.